The van der Waals surface area contributed by atoms with Crippen LogP contribution in [-0.4, -0.2) is 45.4 Å². The van der Waals surface area contributed by atoms with Crippen LogP contribution in [0.1, 0.15) is 30.0 Å². The molecule has 8 heteroatoms. The van der Waals surface area contributed by atoms with E-state index in [0.29, 0.717) is 5.52 Å². The highest BCUT2D eigenvalue weighted by Crippen LogP contribution is 2.23. The average molecular weight is 426 g/mol. The number of hydrogen-bond acceptors (Lipinski definition) is 5. The number of hydrogen-bond donors (Lipinski definition) is 2. The maximum absolute atomic E-state index is 11.9. The Morgan fingerprint density at radius 1 is 1.13 bits per heavy atom. The molecule has 3 aromatic rings. The number of aryl methyl sites for hydroxylation is 1. The molecule has 2 N–H and O–H groups in total. The summed E-state index contributed by atoms with van der Waals surface area (Å²) in [6.07, 6.45) is 2.59. The van der Waals surface area contributed by atoms with Crippen molar-refractivity contribution in [3.63, 3.8) is 0 Å². The SMILES string of the molecule is CC(CCn1cc2cc(C#Cc3ccc(CO)cc3)ccc2n1)(C(=O)O)S(C)(=O)=O. The molecule has 1 unspecified atom stereocenters. The number of aliphatic hydroxyl groups excluding tert-OH is 1. The van der Waals surface area contributed by atoms with E-state index in [-0.39, 0.29) is 19.6 Å². The van der Waals surface area contributed by atoms with E-state index in [1.807, 2.05) is 42.5 Å². The van der Waals surface area contributed by atoms with Gasteiger partial charge in [-0.05, 0) is 49.2 Å². The van der Waals surface area contributed by atoms with Gasteiger partial charge >= 0.3 is 5.97 Å². The van der Waals surface area contributed by atoms with Crippen molar-refractivity contribution in [1.82, 2.24) is 9.78 Å². The number of carboxylic acid groups (broad SMARTS) is 1. The van der Waals surface area contributed by atoms with Crippen LogP contribution in [0.15, 0.2) is 48.7 Å². The van der Waals surface area contributed by atoms with Crippen molar-refractivity contribution >= 4 is 26.7 Å². The van der Waals surface area contributed by atoms with Crippen LogP contribution in [0.25, 0.3) is 10.9 Å². The zero-order chi connectivity index (χ0) is 21.9. The minimum Gasteiger partial charge on any atom is -0.480 e. The Hall–Kier alpha value is -3.15. The predicted octanol–water partition coefficient (Wildman–Crippen LogP) is 2.21. The van der Waals surface area contributed by atoms with Crippen molar-refractivity contribution in [1.29, 1.82) is 0 Å². The van der Waals surface area contributed by atoms with Gasteiger partial charge in [0.2, 0.25) is 0 Å². The number of rotatable bonds is 6. The van der Waals surface area contributed by atoms with Crippen molar-refractivity contribution < 1.29 is 23.4 Å². The second kappa shape index (κ2) is 8.30. The Bertz CT molecular complexity index is 1250. The van der Waals surface area contributed by atoms with Gasteiger partial charge in [0.25, 0.3) is 0 Å². The van der Waals surface area contributed by atoms with E-state index in [9.17, 15) is 18.3 Å². The van der Waals surface area contributed by atoms with Crippen LogP contribution in [0.2, 0.25) is 0 Å². The lowest BCUT2D eigenvalue weighted by molar-refractivity contribution is -0.139. The number of nitrogens with zero attached hydrogens (tertiary/aromatic N) is 2. The fraction of sp³-hybridized carbons (Fsp3) is 0.273. The summed E-state index contributed by atoms with van der Waals surface area (Å²) in [5.41, 5.74) is 3.16. The molecule has 0 aliphatic carbocycles. The number of aliphatic carboxylic acids is 1. The average Bonchev–Trinajstić information content (AvgIpc) is 3.12. The van der Waals surface area contributed by atoms with E-state index in [1.165, 1.54) is 6.92 Å². The molecular formula is C22H22N2O5S. The Morgan fingerprint density at radius 3 is 2.37 bits per heavy atom. The van der Waals surface area contributed by atoms with E-state index in [1.54, 1.807) is 10.9 Å². The van der Waals surface area contributed by atoms with Gasteiger partial charge in [-0.15, -0.1) is 0 Å². The molecule has 0 radical (unpaired) electrons. The molecule has 0 aliphatic heterocycles. The molecule has 1 atom stereocenters. The third-order valence-corrected chi connectivity index (χ3v) is 7.14. The molecule has 0 fully saturated rings. The molecule has 3 rings (SSSR count). The van der Waals surface area contributed by atoms with Crippen molar-refractivity contribution in [2.24, 2.45) is 0 Å². The zero-order valence-corrected chi connectivity index (χ0v) is 17.5. The maximum atomic E-state index is 11.9. The van der Waals surface area contributed by atoms with Gasteiger partial charge in [-0.2, -0.15) is 5.10 Å². The van der Waals surface area contributed by atoms with Gasteiger partial charge < -0.3 is 10.2 Å². The second-order valence-corrected chi connectivity index (χ2v) is 9.77. The van der Waals surface area contributed by atoms with Gasteiger partial charge in [-0.1, -0.05) is 24.0 Å². The summed E-state index contributed by atoms with van der Waals surface area (Å²) in [7, 11) is -3.78. The summed E-state index contributed by atoms with van der Waals surface area (Å²) < 4.78 is 23.5. The number of fused-ring (bicyclic) bond motifs is 1. The van der Waals surface area contributed by atoms with Crippen LogP contribution in [0.4, 0.5) is 0 Å². The molecule has 1 aromatic heterocycles. The standard InChI is InChI=1S/C22H22N2O5S/c1-22(21(26)27,30(2,28)29)11-12-24-14-19-13-17(9-10-20(19)23-24)6-3-16-4-7-18(15-25)8-5-16/h4-5,7-10,13-14,25H,11-12,15H2,1-2H3,(H,26,27). The lowest BCUT2D eigenvalue weighted by atomic mass is 10.1. The Balaban J connectivity index is 1.79. The smallest absolute Gasteiger partial charge is 0.324 e. The molecule has 7 nitrogen and oxygen atoms in total. The van der Waals surface area contributed by atoms with Gasteiger partial charge in [-0.3, -0.25) is 9.48 Å². The quantitative estimate of drug-likeness (QED) is 0.585. The summed E-state index contributed by atoms with van der Waals surface area (Å²) in [4.78, 5) is 11.5. The molecule has 0 saturated carbocycles. The summed E-state index contributed by atoms with van der Waals surface area (Å²) in [5, 5.41) is 23.7. The van der Waals surface area contributed by atoms with Crippen molar-refractivity contribution in [2.45, 2.75) is 31.2 Å². The molecule has 156 valence electrons. The van der Waals surface area contributed by atoms with Crippen LogP contribution in [0.3, 0.4) is 0 Å². The van der Waals surface area contributed by atoms with Crippen LogP contribution in [0, 0.1) is 11.8 Å². The van der Waals surface area contributed by atoms with Crippen molar-refractivity contribution in [3.05, 3.63) is 65.4 Å². The zero-order valence-electron chi connectivity index (χ0n) is 16.7. The molecule has 0 saturated heterocycles. The minimum atomic E-state index is -3.78. The first-order chi connectivity index (χ1) is 14.1. The third-order valence-electron chi connectivity index (χ3n) is 5.13. The Kier molecular flexibility index (Phi) is 5.97. The third kappa shape index (κ3) is 4.53. The topological polar surface area (TPSA) is 109 Å². The molecule has 30 heavy (non-hydrogen) atoms. The summed E-state index contributed by atoms with van der Waals surface area (Å²) >= 11 is 0. The normalized spacial score (nSPS) is 13.4. The second-order valence-electron chi connectivity index (χ2n) is 7.33. The number of aromatic nitrogens is 2. The van der Waals surface area contributed by atoms with Crippen molar-refractivity contribution in [3.8, 4) is 11.8 Å². The lowest BCUT2D eigenvalue weighted by Gasteiger charge is -2.22. The van der Waals surface area contributed by atoms with Gasteiger partial charge in [-0.25, -0.2) is 8.42 Å². The first kappa shape index (κ1) is 21.6. The minimum absolute atomic E-state index is 0.00975. The summed E-state index contributed by atoms with van der Waals surface area (Å²) in [6, 6.07) is 12.9. The van der Waals surface area contributed by atoms with E-state index < -0.39 is 20.6 Å². The Morgan fingerprint density at radius 2 is 1.77 bits per heavy atom. The molecule has 0 aliphatic rings. The largest absolute Gasteiger partial charge is 0.480 e. The van der Waals surface area contributed by atoms with E-state index >= 15 is 0 Å². The molecule has 1 heterocycles. The van der Waals surface area contributed by atoms with E-state index in [2.05, 4.69) is 16.9 Å². The van der Waals surface area contributed by atoms with E-state index in [4.69, 9.17) is 5.11 Å². The van der Waals surface area contributed by atoms with Crippen LogP contribution in [0.5, 0.6) is 0 Å². The van der Waals surface area contributed by atoms with Gasteiger partial charge in [0.05, 0.1) is 12.1 Å². The maximum Gasteiger partial charge on any atom is 0.324 e. The number of carbonyl (C=O) groups is 1. The first-order valence-corrected chi connectivity index (χ1v) is 11.1. The van der Waals surface area contributed by atoms with Gasteiger partial charge in [0.15, 0.2) is 14.6 Å². The number of benzene rings is 2. The van der Waals surface area contributed by atoms with Crippen LogP contribution >= 0.6 is 0 Å². The molecular weight excluding hydrogens is 404 g/mol. The highest BCUT2D eigenvalue weighted by atomic mass is 32.2. The number of aliphatic hydroxyl groups is 1. The van der Waals surface area contributed by atoms with Crippen LogP contribution < -0.4 is 0 Å². The van der Waals surface area contributed by atoms with Crippen molar-refractivity contribution in [2.75, 3.05) is 6.26 Å². The predicted molar refractivity (Wildman–Crippen MR) is 114 cm³/mol. The monoisotopic (exact) mass is 426 g/mol. The fourth-order valence-corrected chi connectivity index (χ4v) is 3.67. The Labute approximate surface area is 174 Å². The summed E-state index contributed by atoms with van der Waals surface area (Å²) in [5.74, 6) is 4.78. The van der Waals surface area contributed by atoms with Crippen LogP contribution in [-0.2, 0) is 27.8 Å². The summed E-state index contributed by atoms with van der Waals surface area (Å²) in [6.45, 7) is 1.36. The van der Waals surface area contributed by atoms with E-state index in [0.717, 1.165) is 28.3 Å². The highest BCUT2D eigenvalue weighted by molar-refractivity contribution is 7.92. The molecule has 0 amide bonds. The lowest BCUT2D eigenvalue weighted by Crippen LogP contribution is -2.43. The number of carboxylic acids is 1. The highest BCUT2D eigenvalue weighted by Gasteiger charge is 2.43. The first-order valence-electron chi connectivity index (χ1n) is 9.24. The molecule has 0 spiro atoms. The molecule has 0 bridgehead atoms. The fourth-order valence-electron chi connectivity index (χ4n) is 2.89. The van der Waals surface area contributed by atoms with Gasteiger partial charge in [0.1, 0.15) is 0 Å². The number of sulfone groups is 1. The molecule has 2 aromatic carbocycles. The van der Waals surface area contributed by atoms with Gasteiger partial charge in [0, 0.05) is 35.5 Å².